The summed E-state index contributed by atoms with van der Waals surface area (Å²) in [5.41, 5.74) is 7.79. The number of amides is 1. The van der Waals surface area contributed by atoms with Gasteiger partial charge in [-0.15, -0.1) is 0 Å². The van der Waals surface area contributed by atoms with E-state index in [-0.39, 0.29) is 5.91 Å². The van der Waals surface area contributed by atoms with Gasteiger partial charge in [0.05, 0.1) is 12.5 Å². The van der Waals surface area contributed by atoms with E-state index < -0.39 is 0 Å². The fourth-order valence-corrected chi connectivity index (χ4v) is 4.11. The molecule has 0 bridgehead atoms. The lowest BCUT2D eigenvalue weighted by atomic mass is 9.90. The molecule has 1 aliphatic rings. The van der Waals surface area contributed by atoms with Gasteiger partial charge in [-0.1, -0.05) is 6.07 Å². The molecule has 2 aromatic heterocycles. The summed E-state index contributed by atoms with van der Waals surface area (Å²) in [6, 6.07) is 8.81. The number of nitriles is 1. The molecule has 0 saturated carbocycles. The fourth-order valence-electron chi connectivity index (χ4n) is 4.11. The minimum atomic E-state index is 0.127. The second-order valence-corrected chi connectivity index (χ2v) is 7.97. The van der Waals surface area contributed by atoms with Gasteiger partial charge in [-0.05, 0) is 60.5 Å². The highest BCUT2D eigenvalue weighted by Gasteiger charge is 2.22. The van der Waals surface area contributed by atoms with Crippen LogP contribution in [0, 0.1) is 11.3 Å². The standard InChI is InChI=1S/C23H25N5O/c1-15(29)28-7-5-16-8-18(9-20(13-27(2)3)22(16)14-28)19-10-21-17(4-6-24)11-25-23(21)26-12-19/h8-12H,4-5,7,13-14H2,1-3H3,(H,25,26). The zero-order valence-electron chi connectivity index (χ0n) is 17.1. The third-order valence-electron chi connectivity index (χ3n) is 5.59. The Labute approximate surface area is 170 Å². The van der Waals surface area contributed by atoms with Gasteiger partial charge in [-0.3, -0.25) is 4.79 Å². The molecule has 1 aromatic carbocycles. The second-order valence-electron chi connectivity index (χ2n) is 7.97. The number of carbonyl (C=O) groups excluding carboxylic acids is 1. The number of aromatic amines is 1. The minimum absolute atomic E-state index is 0.127. The molecule has 0 fully saturated rings. The predicted octanol–water partition coefficient (Wildman–Crippen LogP) is 3.26. The van der Waals surface area contributed by atoms with Crippen molar-refractivity contribution in [1.29, 1.82) is 5.26 Å². The van der Waals surface area contributed by atoms with Crippen molar-refractivity contribution in [3.8, 4) is 17.2 Å². The first-order valence-electron chi connectivity index (χ1n) is 9.84. The molecule has 6 nitrogen and oxygen atoms in total. The first-order valence-corrected chi connectivity index (χ1v) is 9.84. The van der Waals surface area contributed by atoms with E-state index in [1.54, 1.807) is 6.92 Å². The largest absolute Gasteiger partial charge is 0.346 e. The fraction of sp³-hybridized carbons (Fsp3) is 0.348. The second kappa shape index (κ2) is 7.69. The molecule has 1 N–H and O–H groups in total. The lowest BCUT2D eigenvalue weighted by Crippen LogP contribution is -2.35. The lowest BCUT2D eigenvalue weighted by molar-refractivity contribution is -0.129. The smallest absolute Gasteiger partial charge is 0.219 e. The summed E-state index contributed by atoms with van der Waals surface area (Å²) in [4.78, 5) is 23.7. The maximum absolute atomic E-state index is 11.9. The number of hydrogen-bond acceptors (Lipinski definition) is 4. The molecular formula is C23H25N5O. The Morgan fingerprint density at radius 2 is 2.10 bits per heavy atom. The molecule has 0 aliphatic carbocycles. The summed E-state index contributed by atoms with van der Waals surface area (Å²) < 4.78 is 0. The maximum atomic E-state index is 11.9. The van der Waals surface area contributed by atoms with Crippen LogP contribution in [0.5, 0.6) is 0 Å². The van der Waals surface area contributed by atoms with E-state index in [0.29, 0.717) is 13.0 Å². The van der Waals surface area contributed by atoms with Crippen molar-refractivity contribution in [2.45, 2.75) is 32.9 Å². The average molecular weight is 387 g/mol. The van der Waals surface area contributed by atoms with Crippen LogP contribution in [0.4, 0.5) is 0 Å². The highest BCUT2D eigenvalue weighted by Crippen LogP contribution is 2.32. The summed E-state index contributed by atoms with van der Waals surface area (Å²) in [6.07, 6.45) is 4.98. The van der Waals surface area contributed by atoms with Crippen molar-refractivity contribution in [2.24, 2.45) is 0 Å². The van der Waals surface area contributed by atoms with Crippen LogP contribution in [0.3, 0.4) is 0 Å². The first-order chi connectivity index (χ1) is 14.0. The quantitative estimate of drug-likeness (QED) is 0.745. The van der Waals surface area contributed by atoms with Gasteiger partial charge in [-0.2, -0.15) is 5.26 Å². The van der Waals surface area contributed by atoms with E-state index >= 15 is 0 Å². The summed E-state index contributed by atoms with van der Waals surface area (Å²) >= 11 is 0. The van der Waals surface area contributed by atoms with Crippen LogP contribution in [0.2, 0.25) is 0 Å². The molecule has 0 saturated heterocycles. The van der Waals surface area contributed by atoms with Gasteiger partial charge in [0, 0.05) is 49.9 Å². The van der Waals surface area contributed by atoms with E-state index in [4.69, 9.17) is 5.26 Å². The number of hydrogen-bond donors (Lipinski definition) is 1. The number of fused-ring (bicyclic) bond motifs is 2. The Hall–Kier alpha value is -3.17. The number of pyridine rings is 1. The molecule has 0 radical (unpaired) electrons. The van der Waals surface area contributed by atoms with E-state index in [9.17, 15) is 4.79 Å². The van der Waals surface area contributed by atoms with Gasteiger partial charge in [-0.25, -0.2) is 4.98 Å². The summed E-state index contributed by atoms with van der Waals surface area (Å²) in [5, 5.41) is 10.1. The van der Waals surface area contributed by atoms with Crippen LogP contribution in [0.25, 0.3) is 22.2 Å². The highest BCUT2D eigenvalue weighted by atomic mass is 16.2. The Morgan fingerprint density at radius 3 is 2.83 bits per heavy atom. The predicted molar refractivity (Wildman–Crippen MR) is 113 cm³/mol. The van der Waals surface area contributed by atoms with Crippen LogP contribution in [0.1, 0.15) is 29.2 Å². The van der Waals surface area contributed by atoms with Crippen LogP contribution >= 0.6 is 0 Å². The van der Waals surface area contributed by atoms with E-state index in [1.165, 1.54) is 16.7 Å². The summed E-state index contributed by atoms with van der Waals surface area (Å²) in [5.74, 6) is 0.127. The van der Waals surface area contributed by atoms with Crippen LogP contribution < -0.4 is 0 Å². The number of benzene rings is 1. The SMILES string of the molecule is CC(=O)N1CCc2cc(-c3cnc4[nH]cc(CC#N)c4c3)cc(CN(C)C)c2C1. The third kappa shape index (κ3) is 3.74. The number of carbonyl (C=O) groups is 1. The Kier molecular flexibility index (Phi) is 5.08. The van der Waals surface area contributed by atoms with E-state index in [1.807, 2.05) is 17.3 Å². The van der Waals surface area contributed by atoms with Gasteiger partial charge < -0.3 is 14.8 Å². The number of H-pyrrole nitrogens is 1. The van der Waals surface area contributed by atoms with Gasteiger partial charge >= 0.3 is 0 Å². The Balaban J connectivity index is 1.80. The molecule has 3 aromatic rings. The van der Waals surface area contributed by atoms with E-state index in [2.05, 4.69) is 53.2 Å². The van der Waals surface area contributed by atoms with E-state index in [0.717, 1.165) is 47.2 Å². The number of nitrogens with one attached hydrogen (secondary N) is 1. The molecule has 1 aliphatic heterocycles. The Bertz CT molecular complexity index is 1120. The number of rotatable bonds is 4. The van der Waals surface area contributed by atoms with Crippen molar-refractivity contribution >= 4 is 16.9 Å². The lowest BCUT2D eigenvalue weighted by Gasteiger charge is -2.31. The first kappa shape index (κ1) is 19.2. The van der Waals surface area contributed by atoms with Crippen LogP contribution in [-0.2, 0) is 30.7 Å². The molecule has 3 heterocycles. The summed E-state index contributed by atoms with van der Waals surface area (Å²) in [7, 11) is 4.12. The molecule has 0 unspecified atom stereocenters. The van der Waals surface area contributed by atoms with Crippen LogP contribution in [-0.4, -0.2) is 46.3 Å². The van der Waals surface area contributed by atoms with Gasteiger partial charge in [0.15, 0.2) is 0 Å². The zero-order valence-corrected chi connectivity index (χ0v) is 17.1. The third-order valence-corrected chi connectivity index (χ3v) is 5.59. The number of nitrogens with zero attached hydrogens (tertiary/aromatic N) is 4. The normalized spacial score (nSPS) is 13.6. The highest BCUT2D eigenvalue weighted by molar-refractivity contribution is 5.85. The molecule has 4 rings (SSSR count). The number of aromatic nitrogens is 2. The topological polar surface area (TPSA) is 76.0 Å². The molecule has 29 heavy (non-hydrogen) atoms. The van der Waals surface area contributed by atoms with Crippen molar-refractivity contribution in [3.05, 3.63) is 52.8 Å². The molecule has 0 atom stereocenters. The van der Waals surface area contributed by atoms with Gasteiger partial charge in [0.25, 0.3) is 0 Å². The molecule has 6 heteroatoms. The van der Waals surface area contributed by atoms with Crippen LogP contribution in [0.15, 0.2) is 30.6 Å². The summed E-state index contributed by atoms with van der Waals surface area (Å²) in [6.45, 7) is 3.90. The van der Waals surface area contributed by atoms with Crippen molar-refractivity contribution in [1.82, 2.24) is 19.8 Å². The van der Waals surface area contributed by atoms with Gasteiger partial charge in [0.1, 0.15) is 5.65 Å². The average Bonchev–Trinajstić information content (AvgIpc) is 3.09. The van der Waals surface area contributed by atoms with Crippen molar-refractivity contribution in [3.63, 3.8) is 0 Å². The maximum Gasteiger partial charge on any atom is 0.219 e. The molecular weight excluding hydrogens is 362 g/mol. The molecule has 0 spiro atoms. The van der Waals surface area contributed by atoms with Gasteiger partial charge in [0.2, 0.25) is 5.91 Å². The monoisotopic (exact) mass is 387 g/mol. The zero-order chi connectivity index (χ0) is 20.5. The minimum Gasteiger partial charge on any atom is -0.346 e. The molecule has 148 valence electrons. The Morgan fingerprint density at radius 1 is 1.28 bits per heavy atom. The van der Waals surface area contributed by atoms with Crippen molar-refractivity contribution < 1.29 is 4.79 Å². The molecule has 1 amide bonds. The van der Waals surface area contributed by atoms with Crippen molar-refractivity contribution in [2.75, 3.05) is 20.6 Å².